The average Bonchev–Trinajstić information content (AvgIpc) is 2.32. The maximum Gasteiger partial charge on any atom is 0.270 e. The largest absolute Gasteiger partial charge is 0.283 e. The van der Waals surface area contributed by atoms with Crippen LogP contribution in [-0.4, -0.2) is 16.0 Å². The Bertz CT molecular complexity index is 414. The SMILES string of the molecule is Cc1ccc2c(c1)C(=O)N(S)C2=N. The molecule has 0 unspecified atom stereocenters. The van der Waals surface area contributed by atoms with Crippen molar-refractivity contribution < 1.29 is 4.79 Å². The molecule has 0 fully saturated rings. The first-order valence-electron chi connectivity index (χ1n) is 3.84. The first kappa shape index (κ1) is 8.31. The van der Waals surface area contributed by atoms with E-state index in [9.17, 15) is 4.79 Å². The zero-order valence-electron chi connectivity index (χ0n) is 7.03. The van der Waals surface area contributed by atoms with Crippen molar-refractivity contribution in [2.24, 2.45) is 0 Å². The van der Waals surface area contributed by atoms with E-state index in [-0.39, 0.29) is 11.7 Å². The van der Waals surface area contributed by atoms with Gasteiger partial charge < -0.3 is 0 Å². The van der Waals surface area contributed by atoms with E-state index in [2.05, 4.69) is 12.8 Å². The molecule has 0 atom stereocenters. The molecule has 1 aromatic rings. The van der Waals surface area contributed by atoms with Crippen molar-refractivity contribution in [2.75, 3.05) is 0 Å². The summed E-state index contributed by atoms with van der Waals surface area (Å²) >= 11 is 3.92. The molecule has 0 saturated heterocycles. The highest BCUT2D eigenvalue weighted by molar-refractivity contribution is 7.79. The Balaban J connectivity index is 2.67. The predicted octanol–water partition coefficient (Wildman–Crippen LogP) is 1.62. The summed E-state index contributed by atoms with van der Waals surface area (Å²) < 4.78 is 1.06. The van der Waals surface area contributed by atoms with Gasteiger partial charge in [0.1, 0.15) is 5.84 Å². The molecule has 0 saturated carbocycles. The third kappa shape index (κ3) is 1.06. The first-order valence-corrected chi connectivity index (χ1v) is 4.24. The highest BCUT2D eigenvalue weighted by atomic mass is 32.1. The highest BCUT2D eigenvalue weighted by Gasteiger charge is 2.30. The van der Waals surface area contributed by atoms with Crippen molar-refractivity contribution in [1.82, 2.24) is 4.31 Å². The monoisotopic (exact) mass is 192 g/mol. The second kappa shape index (κ2) is 2.60. The van der Waals surface area contributed by atoms with Crippen molar-refractivity contribution in [2.45, 2.75) is 6.92 Å². The second-order valence-corrected chi connectivity index (χ2v) is 3.41. The molecule has 0 aromatic heterocycles. The van der Waals surface area contributed by atoms with Gasteiger partial charge in [0, 0.05) is 5.56 Å². The lowest BCUT2D eigenvalue weighted by atomic mass is 10.1. The fourth-order valence-electron chi connectivity index (χ4n) is 1.37. The normalized spacial score (nSPS) is 15.1. The summed E-state index contributed by atoms with van der Waals surface area (Å²) in [6, 6.07) is 5.44. The van der Waals surface area contributed by atoms with E-state index in [1.807, 2.05) is 13.0 Å². The summed E-state index contributed by atoms with van der Waals surface area (Å²) in [4.78, 5) is 11.5. The van der Waals surface area contributed by atoms with Crippen molar-refractivity contribution in [3.05, 3.63) is 34.9 Å². The fraction of sp³-hybridized carbons (Fsp3) is 0.111. The summed E-state index contributed by atoms with van der Waals surface area (Å²) in [7, 11) is 0. The van der Waals surface area contributed by atoms with Gasteiger partial charge in [-0.2, -0.15) is 0 Å². The third-order valence-electron chi connectivity index (χ3n) is 2.06. The molecule has 1 aromatic carbocycles. The number of carbonyl (C=O) groups excluding carboxylic acids is 1. The quantitative estimate of drug-likeness (QED) is 0.603. The summed E-state index contributed by atoms with van der Waals surface area (Å²) in [5, 5.41) is 7.57. The molecule has 1 N–H and O–H groups in total. The van der Waals surface area contributed by atoms with Gasteiger partial charge in [-0.3, -0.25) is 10.2 Å². The van der Waals surface area contributed by atoms with E-state index in [1.165, 1.54) is 0 Å². The maximum atomic E-state index is 11.5. The molecule has 4 heteroatoms. The van der Waals surface area contributed by atoms with Crippen LogP contribution in [0.25, 0.3) is 0 Å². The number of amides is 1. The van der Waals surface area contributed by atoms with Crippen LogP contribution in [0.1, 0.15) is 21.5 Å². The molecule has 0 bridgehead atoms. The number of carbonyl (C=O) groups is 1. The molecule has 0 aliphatic carbocycles. The zero-order chi connectivity index (χ0) is 9.59. The summed E-state index contributed by atoms with van der Waals surface area (Å²) in [5.74, 6) is -0.0598. The van der Waals surface area contributed by atoms with Crippen LogP contribution >= 0.6 is 12.8 Å². The summed E-state index contributed by atoms with van der Waals surface area (Å²) in [6.45, 7) is 1.92. The number of amidine groups is 1. The first-order chi connectivity index (χ1) is 6.11. The molecule has 3 nitrogen and oxygen atoms in total. The van der Waals surface area contributed by atoms with Gasteiger partial charge in [-0.05, 0) is 13.0 Å². The lowest BCUT2D eigenvalue weighted by molar-refractivity contribution is 0.0930. The molecular formula is C9H8N2OS. The zero-order valence-corrected chi connectivity index (χ0v) is 7.93. The molecule has 66 valence electrons. The Kier molecular flexibility index (Phi) is 1.66. The standard InChI is InChI=1S/C9H8N2OS/c1-5-2-3-6-7(4-5)9(12)11(13)8(6)10/h2-4,10,13H,1H3. The molecular weight excluding hydrogens is 184 g/mol. The van der Waals surface area contributed by atoms with Gasteiger partial charge in [0.25, 0.3) is 5.91 Å². The summed E-state index contributed by atoms with van der Waals surface area (Å²) in [5.41, 5.74) is 2.24. The fourth-order valence-corrected chi connectivity index (χ4v) is 1.59. The van der Waals surface area contributed by atoms with Gasteiger partial charge in [0.15, 0.2) is 0 Å². The Morgan fingerprint density at radius 3 is 2.77 bits per heavy atom. The van der Waals surface area contributed by atoms with Crippen LogP contribution in [0, 0.1) is 12.3 Å². The highest BCUT2D eigenvalue weighted by Crippen LogP contribution is 2.24. The Hall–Kier alpha value is -1.29. The molecule has 2 rings (SSSR count). The third-order valence-corrected chi connectivity index (χ3v) is 2.45. The van der Waals surface area contributed by atoms with E-state index < -0.39 is 0 Å². The van der Waals surface area contributed by atoms with Gasteiger partial charge in [-0.15, -0.1) is 0 Å². The predicted molar refractivity (Wildman–Crippen MR) is 53.2 cm³/mol. The van der Waals surface area contributed by atoms with E-state index in [0.29, 0.717) is 11.1 Å². The average molecular weight is 192 g/mol. The Labute approximate surface area is 81.4 Å². The summed E-state index contributed by atoms with van der Waals surface area (Å²) in [6.07, 6.45) is 0. The minimum Gasteiger partial charge on any atom is -0.283 e. The van der Waals surface area contributed by atoms with Gasteiger partial charge >= 0.3 is 0 Å². The smallest absolute Gasteiger partial charge is 0.270 e. The van der Waals surface area contributed by atoms with Crippen LogP contribution in [0.15, 0.2) is 18.2 Å². The van der Waals surface area contributed by atoms with E-state index in [1.54, 1.807) is 12.1 Å². The molecule has 0 spiro atoms. The van der Waals surface area contributed by atoms with Crippen LogP contribution in [0.2, 0.25) is 0 Å². The minimum absolute atomic E-state index is 0.156. The number of hydrogen-bond donors (Lipinski definition) is 2. The molecule has 0 radical (unpaired) electrons. The van der Waals surface area contributed by atoms with Gasteiger partial charge in [0.2, 0.25) is 0 Å². The van der Waals surface area contributed by atoms with E-state index >= 15 is 0 Å². The second-order valence-electron chi connectivity index (χ2n) is 3.01. The van der Waals surface area contributed by atoms with Crippen LogP contribution in [-0.2, 0) is 0 Å². The van der Waals surface area contributed by atoms with Crippen molar-refractivity contribution in [3.8, 4) is 0 Å². The van der Waals surface area contributed by atoms with Crippen LogP contribution in [0.5, 0.6) is 0 Å². The number of nitrogens with zero attached hydrogens (tertiary/aromatic N) is 1. The topological polar surface area (TPSA) is 44.2 Å². The maximum absolute atomic E-state index is 11.5. The number of benzene rings is 1. The number of aryl methyl sites for hydroxylation is 1. The minimum atomic E-state index is -0.216. The van der Waals surface area contributed by atoms with Crippen molar-refractivity contribution >= 4 is 24.6 Å². The van der Waals surface area contributed by atoms with Crippen LogP contribution in [0.4, 0.5) is 0 Å². The van der Waals surface area contributed by atoms with Gasteiger partial charge in [0.05, 0.1) is 5.56 Å². The molecule has 1 amide bonds. The van der Waals surface area contributed by atoms with Crippen molar-refractivity contribution in [1.29, 1.82) is 5.41 Å². The van der Waals surface area contributed by atoms with E-state index in [4.69, 9.17) is 5.41 Å². The number of nitrogens with one attached hydrogen (secondary N) is 1. The van der Waals surface area contributed by atoms with Crippen molar-refractivity contribution in [3.63, 3.8) is 0 Å². The van der Waals surface area contributed by atoms with Gasteiger partial charge in [-0.1, -0.05) is 30.5 Å². The lowest BCUT2D eigenvalue weighted by Crippen LogP contribution is -2.18. The number of thiol groups is 1. The Morgan fingerprint density at radius 1 is 1.38 bits per heavy atom. The number of rotatable bonds is 0. The molecule has 1 heterocycles. The van der Waals surface area contributed by atoms with Gasteiger partial charge in [-0.25, -0.2) is 4.31 Å². The number of fused-ring (bicyclic) bond motifs is 1. The van der Waals surface area contributed by atoms with E-state index in [0.717, 1.165) is 9.87 Å². The molecule has 13 heavy (non-hydrogen) atoms. The Morgan fingerprint density at radius 2 is 2.08 bits per heavy atom. The number of hydrogen-bond acceptors (Lipinski definition) is 3. The molecule has 1 aliphatic rings. The van der Waals surface area contributed by atoms with Crippen LogP contribution in [0.3, 0.4) is 0 Å². The molecule has 1 aliphatic heterocycles. The lowest BCUT2D eigenvalue weighted by Gasteiger charge is -2.03. The van der Waals surface area contributed by atoms with Crippen LogP contribution < -0.4 is 0 Å².